The lowest BCUT2D eigenvalue weighted by molar-refractivity contribution is -0.132. The van der Waals surface area contributed by atoms with E-state index in [0.29, 0.717) is 12.3 Å². The van der Waals surface area contributed by atoms with Gasteiger partial charge >= 0.3 is 0 Å². The van der Waals surface area contributed by atoms with Crippen molar-refractivity contribution in [2.45, 2.75) is 33.1 Å². The molecule has 16 heavy (non-hydrogen) atoms. The second-order valence-electron chi connectivity index (χ2n) is 4.65. The molecule has 0 saturated carbocycles. The number of thiazole rings is 1. The lowest BCUT2D eigenvalue weighted by Gasteiger charge is -2.30. The molecule has 1 aliphatic heterocycles. The summed E-state index contributed by atoms with van der Waals surface area (Å²) in [7, 11) is 0. The van der Waals surface area contributed by atoms with Crippen LogP contribution in [0.1, 0.15) is 30.5 Å². The zero-order chi connectivity index (χ0) is 11.5. The van der Waals surface area contributed by atoms with E-state index in [-0.39, 0.29) is 5.91 Å². The van der Waals surface area contributed by atoms with Gasteiger partial charge < -0.3 is 4.90 Å². The van der Waals surface area contributed by atoms with E-state index in [1.165, 1.54) is 6.42 Å². The van der Waals surface area contributed by atoms with Gasteiger partial charge in [0, 0.05) is 24.2 Å². The minimum Gasteiger partial charge on any atom is -0.342 e. The van der Waals surface area contributed by atoms with Crippen LogP contribution in [0, 0.1) is 12.8 Å². The standard InChI is InChI=1S/C12H18N2OS/c1-9-4-3-5-14(7-9)12(15)6-11-13-10(2)8-16-11/h8-9H,3-7H2,1-2H3. The lowest BCUT2D eigenvalue weighted by Crippen LogP contribution is -2.39. The number of rotatable bonds is 2. The van der Waals surface area contributed by atoms with Crippen LogP contribution in [0.3, 0.4) is 0 Å². The van der Waals surface area contributed by atoms with Crippen molar-refractivity contribution in [3.8, 4) is 0 Å². The van der Waals surface area contributed by atoms with E-state index in [4.69, 9.17) is 0 Å². The molecule has 1 aromatic rings. The highest BCUT2D eigenvalue weighted by molar-refractivity contribution is 7.09. The van der Waals surface area contributed by atoms with Gasteiger partial charge in [-0.3, -0.25) is 4.79 Å². The number of aromatic nitrogens is 1. The average molecular weight is 238 g/mol. The quantitative estimate of drug-likeness (QED) is 0.791. The van der Waals surface area contributed by atoms with Crippen LogP contribution in [-0.4, -0.2) is 28.9 Å². The summed E-state index contributed by atoms with van der Waals surface area (Å²) in [6, 6.07) is 0. The molecule has 4 heteroatoms. The summed E-state index contributed by atoms with van der Waals surface area (Å²) in [6.07, 6.45) is 2.87. The van der Waals surface area contributed by atoms with E-state index in [9.17, 15) is 4.79 Å². The van der Waals surface area contributed by atoms with Gasteiger partial charge in [0.15, 0.2) is 0 Å². The summed E-state index contributed by atoms with van der Waals surface area (Å²) < 4.78 is 0. The number of likely N-dealkylation sites (tertiary alicyclic amines) is 1. The van der Waals surface area contributed by atoms with Crippen LogP contribution in [0.5, 0.6) is 0 Å². The summed E-state index contributed by atoms with van der Waals surface area (Å²) in [6.45, 7) is 6.02. The van der Waals surface area contributed by atoms with Crippen molar-refractivity contribution >= 4 is 17.2 Å². The van der Waals surface area contributed by atoms with Crippen molar-refractivity contribution in [2.75, 3.05) is 13.1 Å². The van der Waals surface area contributed by atoms with Crippen LogP contribution in [0.4, 0.5) is 0 Å². The molecule has 1 aliphatic rings. The zero-order valence-electron chi connectivity index (χ0n) is 9.90. The Kier molecular flexibility index (Phi) is 3.59. The molecule has 3 nitrogen and oxygen atoms in total. The molecule has 0 aliphatic carbocycles. The fourth-order valence-corrected chi connectivity index (χ4v) is 2.90. The Morgan fingerprint density at radius 2 is 2.50 bits per heavy atom. The van der Waals surface area contributed by atoms with Gasteiger partial charge in [0.1, 0.15) is 5.01 Å². The highest BCUT2D eigenvalue weighted by atomic mass is 32.1. The Morgan fingerprint density at radius 1 is 1.69 bits per heavy atom. The molecule has 0 radical (unpaired) electrons. The molecule has 1 amide bonds. The molecule has 88 valence electrons. The van der Waals surface area contributed by atoms with Crippen LogP contribution in [0.15, 0.2) is 5.38 Å². The summed E-state index contributed by atoms with van der Waals surface area (Å²) in [5.41, 5.74) is 1.01. The maximum Gasteiger partial charge on any atom is 0.229 e. The number of carbonyl (C=O) groups excluding carboxylic acids is 1. The van der Waals surface area contributed by atoms with Crippen molar-refractivity contribution in [1.29, 1.82) is 0 Å². The predicted molar refractivity (Wildman–Crippen MR) is 65.5 cm³/mol. The smallest absolute Gasteiger partial charge is 0.229 e. The molecule has 0 N–H and O–H groups in total. The maximum atomic E-state index is 12.0. The van der Waals surface area contributed by atoms with Gasteiger partial charge in [0.25, 0.3) is 0 Å². The number of aryl methyl sites for hydroxylation is 1. The Hall–Kier alpha value is -0.900. The van der Waals surface area contributed by atoms with E-state index in [1.807, 2.05) is 17.2 Å². The molecular formula is C12H18N2OS. The minimum absolute atomic E-state index is 0.237. The molecule has 0 aromatic carbocycles. The predicted octanol–water partition coefficient (Wildman–Crippen LogP) is 2.25. The van der Waals surface area contributed by atoms with Crippen molar-refractivity contribution in [1.82, 2.24) is 9.88 Å². The number of nitrogens with zero attached hydrogens (tertiary/aromatic N) is 2. The van der Waals surface area contributed by atoms with Gasteiger partial charge in [-0.1, -0.05) is 6.92 Å². The fourth-order valence-electron chi connectivity index (χ4n) is 2.14. The van der Waals surface area contributed by atoms with Gasteiger partial charge in [-0.25, -0.2) is 4.98 Å². The van der Waals surface area contributed by atoms with Crippen LogP contribution in [0.25, 0.3) is 0 Å². The first-order valence-electron chi connectivity index (χ1n) is 5.84. The van der Waals surface area contributed by atoms with Gasteiger partial charge in [-0.15, -0.1) is 11.3 Å². The number of carbonyl (C=O) groups is 1. The first-order chi connectivity index (χ1) is 7.65. The van der Waals surface area contributed by atoms with E-state index in [0.717, 1.165) is 30.2 Å². The molecule has 0 spiro atoms. The van der Waals surface area contributed by atoms with Crippen LogP contribution in [0.2, 0.25) is 0 Å². The molecule has 1 unspecified atom stereocenters. The normalized spacial score (nSPS) is 21.1. The van der Waals surface area contributed by atoms with Gasteiger partial charge in [0.2, 0.25) is 5.91 Å². The topological polar surface area (TPSA) is 33.2 Å². The molecule has 2 rings (SSSR count). The Balaban J connectivity index is 1.92. The van der Waals surface area contributed by atoms with E-state index >= 15 is 0 Å². The average Bonchev–Trinajstić information content (AvgIpc) is 2.64. The summed E-state index contributed by atoms with van der Waals surface area (Å²) in [4.78, 5) is 18.3. The largest absolute Gasteiger partial charge is 0.342 e. The first-order valence-corrected chi connectivity index (χ1v) is 6.72. The van der Waals surface area contributed by atoms with Crippen molar-refractivity contribution in [3.05, 3.63) is 16.1 Å². The van der Waals surface area contributed by atoms with E-state index < -0.39 is 0 Å². The van der Waals surface area contributed by atoms with Crippen molar-refractivity contribution in [2.24, 2.45) is 5.92 Å². The van der Waals surface area contributed by atoms with Crippen LogP contribution >= 0.6 is 11.3 Å². The maximum absolute atomic E-state index is 12.0. The third-order valence-corrected chi connectivity index (χ3v) is 3.95. The van der Waals surface area contributed by atoms with Crippen molar-refractivity contribution < 1.29 is 4.79 Å². The number of hydrogen-bond donors (Lipinski definition) is 0. The molecule has 1 aromatic heterocycles. The molecular weight excluding hydrogens is 220 g/mol. The minimum atomic E-state index is 0.237. The molecule has 0 bridgehead atoms. The van der Waals surface area contributed by atoms with Crippen molar-refractivity contribution in [3.63, 3.8) is 0 Å². The lowest BCUT2D eigenvalue weighted by atomic mass is 10.0. The highest BCUT2D eigenvalue weighted by Crippen LogP contribution is 2.17. The molecule has 1 atom stereocenters. The summed E-state index contributed by atoms with van der Waals surface area (Å²) in [5.74, 6) is 0.886. The number of amides is 1. The summed E-state index contributed by atoms with van der Waals surface area (Å²) in [5, 5.41) is 2.95. The zero-order valence-corrected chi connectivity index (χ0v) is 10.7. The third kappa shape index (κ3) is 2.82. The highest BCUT2D eigenvalue weighted by Gasteiger charge is 2.21. The number of hydrogen-bond acceptors (Lipinski definition) is 3. The molecule has 1 fully saturated rings. The summed E-state index contributed by atoms with van der Waals surface area (Å²) >= 11 is 1.58. The second kappa shape index (κ2) is 4.95. The monoisotopic (exact) mass is 238 g/mol. The van der Waals surface area contributed by atoms with Gasteiger partial charge in [-0.05, 0) is 25.7 Å². The SMILES string of the molecule is Cc1csc(CC(=O)N2CCCC(C)C2)n1. The molecule has 1 saturated heterocycles. The second-order valence-corrected chi connectivity index (χ2v) is 5.59. The Morgan fingerprint density at radius 3 is 3.12 bits per heavy atom. The van der Waals surface area contributed by atoms with Crippen LogP contribution < -0.4 is 0 Å². The van der Waals surface area contributed by atoms with Gasteiger partial charge in [0.05, 0.1) is 6.42 Å². The Bertz CT molecular complexity index is 375. The van der Waals surface area contributed by atoms with Crippen LogP contribution in [-0.2, 0) is 11.2 Å². The van der Waals surface area contributed by atoms with E-state index in [2.05, 4.69) is 11.9 Å². The first kappa shape index (κ1) is 11.6. The third-order valence-electron chi connectivity index (χ3n) is 2.98. The Labute approximate surface area is 100 Å². The number of piperidine rings is 1. The van der Waals surface area contributed by atoms with E-state index in [1.54, 1.807) is 11.3 Å². The van der Waals surface area contributed by atoms with Gasteiger partial charge in [-0.2, -0.15) is 0 Å². The molecule has 2 heterocycles. The fraction of sp³-hybridized carbons (Fsp3) is 0.667.